The zero-order chi connectivity index (χ0) is 30.9. The molecule has 3 rings (SSSR count). The molecule has 0 aromatic heterocycles. The van der Waals surface area contributed by atoms with Gasteiger partial charge in [-0.3, -0.25) is 4.79 Å². The predicted molar refractivity (Wildman–Crippen MR) is 175 cm³/mol. The fraction of sp³-hybridized carbons (Fsp3) is 0.351. The first kappa shape index (κ1) is 41.8. The summed E-state index contributed by atoms with van der Waals surface area (Å²) in [6.07, 6.45) is 3.08. The summed E-state index contributed by atoms with van der Waals surface area (Å²) in [5, 5.41) is 7.57. The summed E-state index contributed by atoms with van der Waals surface area (Å²) < 4.78 is 12.3. The normalized spacial score (nSPS) is 9.51. The van der Waals surface area contributed by atoms with Gasteiger partial charge in [0.15, 0.2) is 0 Å². The van der Waals surface area contributed by atoms with Crippen molar-refractivity contribution in [2.75, 3.05) is 13.2 Å². The quantitative estimate of drug-likeness (QED) is 0.135. The van der Waals surface area contributed by atoms with E-state index in [-0.39, 0.29) is 20.0 Å². The number of aliphatic hydroxyl groups excluding tert-OH is 1. The van der Waals surface area contributed by atoms with Crippen LogP contribution >= 0.6 is 0 Å². The van der Waals surface area contributed by atoms with E-state index in [0.29, 0.717) is 18.9 Å². The zero-order valence-corrected chi connectivity index (χ0v) is 25.5. The Balaban J connectivity index is -0.000000491. The maximum absolute atomic E-state index is 11.1. The van der Waals surface area contributed by atoms with Gasteiger partial charge >= 0.3 is 17.3 Å². The molecule has 0 aliphatic rings. The van der Waals surface area contributed by atoms with Gasteiger partial charge in [-0.2, -0.15) is 0 Å². The molecular formula is C37H52O4. The SMILES string of the molecule is C.C=C(C)C(C)c1ccc(C)cc1.C=Cc1ccc(C)cc1.CCO.CCOC(=O)CCc1ccc(C)cc1.[C-]#[O+]. The Hall–Kier alpha value is -3.69. The summed E-state index contributed by atoms with van der Waals surface area (Å²) in [4.78, 5) is 11.1. The number of ether oxygens (including phenoxy) is 1. The van der Waals surface area contributed by atoms with Crippen LogP contribution in [0.4, 0.5) is 0 Å². The van der Waals surface area contributed by atoms with Crippen LogP contribution in [-0.2, 0) is 20.6 Å². The number of carbonyl (C=O) groups is 1. The van der Waals surface area contributed by atoms with Crippen LogP contribution in [0.1, 0.15) is 80.8 Å². The topological polar surface area (TPSA) is 66.4 Å². The molecule has 3 aromatic rings. The Morgan fingerprint density at radius 1 is 0.902 bits per heavy atom. The molecule has 0 bridgehead atoms. The second-order valence-electron chi connectivity index (χ2n) is 9.20. The van der Waals surface area contributed by atoms with Gasteiger partial charge in [-0.15, -0.1) is 0 Å². The first-order chi connectivity index (χ1) is 19.1. The van der Waals surface area contributed by atoms with Crippen molar-refractivity contribution in [3.05, 3.63) is 132 Å². The molecule has 0 saturated carbocycles. The molecule has 0 fully saturated rings. The van der Waals surface area contributed by atoms with Crippen molar-refractivity contribution < 1.29 is 19.3 Å². The molecule has 0 spiro atoms. The number of hydrogen-bond acceptors (Lipinski definition) is 3. The van der Waals surface area contributed by atoms with Crippen LogP contribution in [0, 0.1) is 27.4 Å². The van der Waals surface area contributed by atoms with E-state index in [1.807, 2.05) is 13.0 Å². The molecule has 1 N–H and O–H groups in total. The molecule has 41 heavy (non-hydrogen) atoms. The number of aliphatic hydroxyl groups is 1. The number of esters is 1. The van der Waals surface area contributed by atoms with Gasteiger partial charge in [-0.25, -0.2) is 0 Å². The molecule has 0 heterocycles. The van der Waals surface area contributed by atoms with E-state index < -0.39 is 0 Å². The van der Waals surface area contributed by atoms with Gasteiger partial charge in [0.05, 0.1) is 6.61 Å². The van der Waals surface area contributed by atoms with Gasteiger partial charge in [0.25, 0.3) is 0 Å². The standard InChI is InChI=1S/C12H16O2.C12H16.C9H10.C2H6O.CO.CH4/c1-3-14-12(13)9-8-11-6-4-10(2)5-7-11;1-9(2)11(4)12-7-5-10(3)6-8-12;1-3-9-6-4-8(2)5-7-9;1-2-3;1-2;/h4-7H,3,8-9H2,1-2H3;5-8,11H,1H2,2-4H3;3-7H,1H2,2H3;3H,2H2,1H3;;1H4. The number of aryl methyl sites for hydroxylation is 4. The van der Waals surface area contributed by atoms with Gasteiger partial charge in [-0.05, 0) is 64.7 Å². The average Bonchev–Trinajstić information content (AvgIpc) is 2.95. The van der Waals surface area contributed by atoms with Crippen LogP contribution in [0.2, 0.25) is 0 Å². The minimum atomic E-state index is -0.118. The summed E-state index contributed by atoms with van der Waals surface area (Å²) >= 11 is 0. The molecular weight excluding hydrogens is 508 g/mol. The van der Waals surface area contributed by atoms with E-state index in [9.17, 15) is 4.79 Å². The fourth-order valence-electron chi connectivity index (χ4n) is 3.08. The van der Waals surface area contributed by atoms with Crippen molar-refractivity contribution in [1.82, 2.24) is 0 Å². The van der Waals surface area contributed by atoms with Crippen molar-refractivity contribution >= 4 is 12.0 Å². The van der Waals surface area contributed by atoms with Crippen molar-refractivity contribution in [2.24, 2.45) is 0 Å². The van der Waals surface area contributed by atoms with E-state index in [1.54, 1.807) is 6.92 Å². The molecule has 224 valence electrons. The average molecular weight is 561 g/mol. The molecule has 1 atom stereocenters. The Morgan fingerprint density at radius 3 is 1.66 bits per heavy atom. The van der Waals surface area contributed by atoms with E-state index in [0.717, 1.165) is 6.42 Å². The van der Waals surface area contributed by atoms with Crippen LogP contribution in [0.25, 0.3) is 6.08 Å². The second-order valence-corrected chi connectivity index (χ2v) is 9.20. The Bertz CT molecular complexity index is 1090. The first-order valence-corrected chi connectivity index (χ1v) is 13.5. The van der Waals surface area contributed by atoms with Crippen molar-refractivity contribution in [1.29, 1.82) is 0 Å². The Labute approximate surface area is 250 Å². The van der Waals surface area contributed by atoms with Gasteiger partial charge in [-0.1, -0.05) is 129 Å². The Morgan fingerprint density at radius 2 is 1.29 bits per heavy atom. The molecule has 0 radical (unpaired) electrons. The summed E-state index contributed by atoms with van der Waals surface area (Å²) in [7, 11) is 0. The van der Waals surface area contributed by atoms with Crippen LogP contribution in [0.15, 0.2) is 91.5 Å². The maximum atomic E-state index is 11.1. The van der Waals surface area contributed by atoms with Gasteiger partial charge < -0.3 is 9.84 Å². The van der Waals surface area contributed by atoms with Gasteiger partial charge in [0, 0.05) is 18.9 Å². The molecule has 0 aliphatic carbocycles. The van der Waals surface area contributed by atoms with Gasteiger partial charge in [0.1, 0.15) is 0 Å². The second kappa shape index (κ2) is 26.5. The summed E-state index contributed by atoms with van der Waals surface area (Å²) in [6, 6.07) is 25.1. The fourth-order valence-corrected chi connectivity index (χ4v) is 3.08. The van der Waals surface area contributed by atoms with E-state index in [1.165, 1.54) is 39.0 Å². The summed E-state index contributed by atoms with van der Waals surface area (Å²) in [6.45, 7) is 26.8. The number of allylic oxidation sites excluding steroid dienone is 1. The summed E-state index contributed by atoms with van der Waals surface area (Å²) in [5.41, 5.74) is 8.79. The van der Waals surface area contributed by atoms with Crippen LogP contribution in [0.5, 0.6) is 0 Å². The first-order valence-electron chi connectivity index (χ1n) is 13.5. The van der Waals surface area contributed by atoms with Crippen LogP contribution in [-0.4, -0.2) is 24.3 Å². The number of carbonyl (C=O) groups excluding carboxylic acids is 1. The van der Waals surface area contributed by atoms with Crippen molar-refractivity contribution in [3.8, 4) is 0 Å². The molecule has 3 aromatic carbocycles. The van der Waals surface area contributed by atoms with Crippen LogP contribution < -0.4 is 0 Å². The van der Waals surface area contributed by atoms with Crippen molar-refractivity contribution in [3.63, 3.8) is 0 Å². The third kappa shape index (κ3) is 21.8. The molecule has 1 unspecified atom stereocenters. The zero-order valence-electron chi connectivity index (χ0n) is 25.5. The number of benzene rings is 3. The third-order valence-electron chi connectivity index (χ3n) is 5.67. The van der Waals surface area contributed by atoms with Crippen LogP contribution in [0.3, 0.4) is 0 Å². The molecule has 4 nitrogen and oxygen atoms in total. The van der Waals surface area contributed by atoms with Crippen molar-refractivity contribution in [2.45, 2.75) is 74.7 Å². The molecule has 0 amide bonds. The monoisotopic (exact) mass is 560 g/mol. The molecule has 4 heteroatoms. The predicted octanol–water partition coefficient (Wildman–Crippen LogP) is 9.40. The van der Waals surface area contributed by atoms with E-state index >= 15 is 0 Å². The molecule has 0 aliphatic heterocycles. The van der Waals surface area contributed by atoms with Gasteiger partial charge in [0.2, 0.25) is 0 Å². The number of hydrogen-bond donors (Lipinski definition) is 1. The van der Waals surface area contributed by atoms with E-state index in [2.05, 4.69) is 127 Å². The Kier molecular flexibility index (Phi) is 27.0. The number of rotatable bonds is 7. The van der Waals surface area contributed by atoms with E-state index in [4.69, 9.17) is 14.5 Å². The molecule has 0 saturated heterocycles. The summed E-state index contributed by atoms with van der Waals surface area (Å²) in [5.74, 6) is 0.360. The minimum absolute atomic E-state index is 0. The third-order valence-corrected chi connectivity index (χ3v) is 5.67.